The maximum Gasteiger partial charge on any atom is 0.251 e. The second kappa shape index (κ2) is 9.70. The van der Waals surface area contributed by atoms with Gasteiger partial charge in [-0.1, -0.05) is 19.3 Å². The summed E-state index contributed by atoms with van der Waals surface area (Å²) >= 11 is 0. The van der Waals surface area contributed by atoms with E-state index in [1.165, 1.54) is 33.5 Å². The molecule has 9 heteroatoms. The fraction of sp³-hybridized carbons (Fsp3) is 0.571. The van der Waals surface area contributed by atoms with Crippen molar-refractivity contribution in [1.29, 1.82) is 0 Å². The zero-order valence-corrected chi connectivity index (χ0v) is 18.1. The first-order valence-electron chi connectivity index (χ1n) is 10.5. The number of benzene rings is 1. The second-order valence-electron chi connectivity index (χ2n) is 7.89. The minimum Gasteiger partial charge on any atom is -0.352 e. The Morgan fingerprint density at radius 3 is 2.27 bits per heavy atom. The van der Waals surface area contributed by atoms with Crippen molar-refractivity contribution in [2.75, 3.05) is 20.1 Å². The molecule has 3 rings (SSSR count). The summed E-state index contributed by atoms with van der Waals surface area (Å²) in [5.41, 5.74) is 0.364. The summed E-state index contributed by atoms with van der Waals surface area (Å²) in [5.74, 6) is -0.652. The molecule has 1 aromatic rings. The van der Waals surface area contributed by atoms with Gasteiger partial charge < -0.3 is 5.32 Å². The third kappa shape index (κ3) is 5.07. The predicted octanol–water partition coefficient (Wildman–Crippen LogP) is 1.91. The van der Waals surface area contributed by atoms with E-state index in [0.717, 1.165) is 32.1 Å². The predicted molar refractivity (Wildman–Crippen MR) is 111 cm³/mol. The number of imide groups is 1. The van der Waals surface area contributed by atoms with Crippen LogP contribution in [0, 0.1) is 0 Å². The Hall–Kier alpha value is -2.26. The van der Waals surface area contributed by atoms with Crippen molar-refractivity contribution in [1.82, 2.24) is 14.5 Å². The van der Waals surface area contributed by atoms with E-state index in [0.29, 0.717) is 25.1 Å². The highest BCUT2D eigenvalue weighted by atomic mass is 32.2. The van der Waals surface area contributed by atoms with Crippen molar-refractivity contribution in [3.05, 3.63) is 29.8 Å². The Balaban J connectivity index is 1.52. The third-order valence-electron chi connectivity index (χ3n) is 5.88. The van der Waals surface area contributed by atoms with Crippen molar-refractivity contribution in [2.45, 2.75) is 62.3 Å². The van der Waals surface area contributed by atoms with Gasteiger partial charge in [-0.3, -0.25) is 19.3 Å². The molecule has 1 aromatic carbocycles. The minimum absolute atomic E-state index is 0.0288. The summed E-state index contributed by atoms with van der Waals surface area (Å²) in [6, 6.07) is 5.96. The fourth-order valence-electron chi connectivity index (χ4n) is 4.00. The van der Waals surface area contributed by atoms with Crippen molar-refractivity contribution >= 4 is 27.7 Å². The van der Waals surface area contributed by atoms with Gasteiger partial charge in [0.15, 0.2) is 0 Å². The summed E-state index contributed by atoms with van der Waals surface area (Å²) in [5, 5.41) is 2.74. The van der Waals surface area contributed by atoms with E-state index in [-0.39, 0.29) is 41.5 Å². The Labute approximate surface area is 177 Å². The van der Waals surface area contributed by atoms with Crippen LogP contribution < -0.4 is 5.32 Å². The molecule has 0 aromatic heterocycles. The van der Waals surface area contributed by atoms with Crippen LogP contribution in [0.2, 0.25) is 0 Å². The number of nitrogens with one attached hydrogen (secondary N) is 1. The summed E-state index contributed by atoms with van der Waals surface area (Å²) in [7, 11) is -1.96. The lowest BCUT2D eigenvalue weighted by atomic mass is 9.96. The van der Waals surface area contributed by atoms with Crippen LogP contribution in [-0.2, 0) is 19.6 Å². The molecule has 0 spiro atoms. The second-order valence-corrected chi connectivity index (χ2v) is 9.88. The highest BCUT2D eigenvalue weighted by Gasteiger charge is 2.29. The van der Waals surface area contributed by atoms with Gasteiger partial charge in [0.1, 0.15) is 0 Å². The van der Waals surface area contributed by atoms with Crippen molar-refractivity contribution in [3.8, 4) is 0 Å². The molecule has 2 fully saturated rings. The summed E-state index contributed by atoms with van der Waals surface area (Å²) < 4.78 is 27.2. The summed E-state index contributed by atoms with van der Waals surface area (Å²) in [4.78, 5) is 36.8. The van der Waals surface area contributed by atoms with Crippen LogP contribution in [0.1, 0.15) is 61.7 Å². The molecule has 3 amide bonds. The Kier molecular flexibility index (Phi) is 7.25. The summed E-state index contributed by atoms with van der Waals surface area (Å²) in [6.45, 7) is 0.614. The van der Waals surface area contributed by atoms with Crippen LogP contribution in [0.3, 0.4) is 0 Å². The largest absolute Gasteiger partial charge is 0.352 e. The van der Waals surface area contributed by atoms with Crippen LogP contribution in [0.25, 0.3) is 0 Å². The number of rotatable bonds is 8. The lowest BCUT2D eigenvalue weighted by Gasteiger charge is -2.30. The van der Waals surface area contributed by atoms with E-state index in [2.05, 4.69) is 5.32 Å². The Morgan fingerprint density at radius 1 is 1.07 bits per heavy atom. The molecular weight excluding hydrogens is 406 g/mol. The van der Waals surface area contributed by atoms with E-state index in [1.807, 2.05) is 0 Å². The quantitative estimate of drug-likeness (QED) is 0.496. The number of likely N-dealkylation sites (tertiary alicyclic amines) is 1. The third-order valence-corrected chi connectivity index (χ3v) is 7.81. The molecule has 1 N–H and O–H groups in total. The maximum atomic E-state index is 12.9. The van der Waals surface area contributed by atoms with Crippen molar-refractivity contribution in [3.63, 3.8) is 0 Å². The van der Waals surface area contributed by atoms with Crippen molar-refractivity contribution < 1.29 is 22.8 Å². The topological polar surface area (TPSA) is 104 Å². The Bertz CT molecular complexity index is 876. The van der Waals surface area contributed by atoms with Gasteiger partial charge in [-0.2, -0.15) is 4.31 Å². The molecule has 1 aliphatic carbocycles. The van der Waals surface area contributed by atoms with Crippen LogP contribution >= 0.6 is 0 Å². The number of carbonyl (C=O) groups is 3. The number of hydrogen-bond donors (Lipinski definition) is 1. The number of carbonyl (C=O) groups excluding carboxylic acids is 3. The smallest absolute Gasteiger partial charge is 0.251 e. The molecule has 0 unspecified atom stereocenters. The van der Waals surface area contributed by atoms with E-state index >= 15 is 0 Å². The molecule has 0 atom stereocenters. The highest BCUT2D eigenvalue weighted by molar-refractivity contribution is 7.89. The van der Waals surface area contributed by atoms with Gasteiger partial charge in [0, 0.05) is 44.6 Å². The van der Waals surface area contributed by atoms with Crippen LogP contribution in [0.4, 0.5) is 0 Å². The van der Waals surface area contributed by atoms with E-state index in [4.69, 9.17) is 0 Å². The van der Waals surface area contributed by atoms with Gasteiger partial charge in [-0.25, -0.2) is 8.42 Å². The standard InChI is InChI=1S/C21H29N3O5S/c1-23(17-6-3-2-4-7-17)30(28,29)18-10-8-16(9-11-18)21(27)22-14-5-15-24-19(25)12-13-20(24)26/h8-11,17H,2-7,12-15H2,1H3,(H,22,27). The molecule has 8 nitrogen and oxygen atoms in total. The minimum atomic E-state index is -3.59. The van der Waals surface area contributed by atoms with Gasteiger partial charge >= 0.3 is 0 Å². The van der Waals surface area contributed by atoms with Gasteiger partial charge in [0.05, 0.1) is 4.90 Å². The molecule has 0 bridgehead atoms. The first-order valence-corrected chi connectivity index (χ1v) is 11.9. The zero-order valence-electron chi connectivity index (χ0n) is 17.3. The van der Waals surface area contributed by atoms with Gasteiger partial charge in [-0.15, -0.1) is 0 Å². The average molecular weight is 436 g/mol. The Morgan fingerprint density at radius 2 is 1.67 bits per heavy atom. The number of hydrogen-bond acceptors (Lipinski definition) is 5. The molecule has 2 aliphatic rings. The van der Waals surface area contributed by atoms with Crippen LogP contribution in [0.5, 0.6) is 0 Å². The zero-order chi connectivity index (χ0) is 21.7. The van der Waals surface area contributed by atoms with Crippen LogP contribution in [-0.4, -0.2) is 61.5 Å². The molecule has 164 valence electrons. The van der Waals surface area contributed by atoms with E-state index in [1.54, 1.807) is 7.05 Å². The number of sulfonamides is 1. The van der Waals surface area contributed by atoms with Crippen LogP contribution in [0.15, 0.2) is 29.2 Å². The first-order chi connectivity index (χ1) is 14.3. The van der Waals surface area contributed by atoms with Gasteiger partial charge in [0.25, 0.3) is 5.91 Å². The number of amides is 3. The highest BCUT2D eigenvalue weighted by Crippen LogP contribution is 2.26. The molecular formula is C21H29N3O5S. The lowest BCUT2D eigenvalue weighted by Crippen LogP contribution is -2.38. The summed E-state index contributed by atoms with van der Waals surface area (Å²) in [6.07, 6.45) is 6.00. The van der Waals surface area contributed by atoms with E-state index in [9.17, 15) is 22.8 Å². The molecule has 0 radical (unpaired) electrons. The van der Waals surface area contributed by atoms with Gasteiger partial charge in [-0.05, 0) is 43.5 Å². The van der Waals surface area contributed by atoms with E-state index < -0.39 is 10.0 Å². The maximum absolute atomic E-state index is 12.9. The molecule has 1 saturated heterocycles. The molecule has 1 aliphatic heterocycles. The monoisotopic (exact) mass is 435 g/mol. The normalized spacial score (nSPS) is 18.3. The first kappa shape index (κ1) is 22.4. The SMILES string of the molecule is CN(C1CCCCC1)S(=O)(=O)c1ccc(C(=O)NCCCN2C(=O)CCC2=O)cc1. The van der Waals surface area contributed by atoms with Crippen molar-refractivity contribution in [2.24, 2.45) is 0 Å². The molecule has 1 saturated carbocycles. The lowest BCUT2D eigenvalue weighted by molar-refractivity contribution is -0.138. The molecule has 30 heavy (non-hydrogen) atoms. The van der Waals surface area contributed by atoms with Gasteiger partial charge in [0.2, 0.25) is 21.8 Å². The average Bonchev–Trinajstić information content (AvgIpc) is 3.08. The fourth-order valence-corrected chi connectivity index (χ4v) is 5.41. The molecule has 1 heterocycles. The number of nitrogens with zero attached hydrogens (tertiary/aromatic N) is 2.